The lowest BCUT2D eigenvalue weighted by atomic mass is 9.92. The highest BCUT2D eigenvalue weighted by molar-refractivity contribution is 6.02. The standard InChI is InChI=1S/C26H29F3N4O3/c1-16(26(27,28)29)36-25(34)31-18-7-5-17(6-8-18)24-23(30)21-10-9-20(32-11-13-35-14-12-32)15-22(21)33(24)19-3-2-4-19/h5-10,15-16,19H,2-4,11-14,30H2,1H3,(H,31,34)/t16-/m1/s1. The van der Waals surface area contributed by atoms with E-state index < -0.39 is 18.4 Å². The number of carbonyl (C=O) groups is 1. The average molecular weight is 503 g/mol. The Bertz CT molecular complexity index is 1250. The van der Waals surface area contributed by atoms with E-state index in [1.807, 2.05) is 12.1 Å². The molecule has 3 N–H and O–H groups in total. The van der Waals surface area contributed by atoms with Crippen LogP contribution in [0.2, 0.25) is 0 Å². The Labute approximate surface area is 206 Å². The fourth-order valence-corrected chi connectivity index (χ4v) is 4.75. The number of amides is 1. The molecule has 0 unspecified atom stereocenters. The van der Waals surface area contributed by atoms with E-state index in [0.29, 0.717) is 30.6 Å². The number of hydrogen-bond donors (Lipinski definition) is 2. The first-order valence-corrected chi connectivity index (χ1v) is 12.1. The lowest BCUT2D eigenvalue weighted by Gasteiger charge is -2.31. The van der Waals surface area contributed by atoms with Crippen molar-refractivity contribution in [2.75, 3.05) is 42.3 Å². The number of alkyl halides is 3. The van der Waals surface area contributed by atoms with E-state index in [1.165, 1.54) is 0 Å². The Balaban J connectivity index is 1.44. The van der Waals surface area contributed by atoms with Gasteiger partial charge >= 0.3 is 12.3 Å². The average Bonchev–Trinajstić information content (AvgIpc) is 3.10. The third kappa shape index (κ3) is 4.69. The molecule has 1 atom stereocenters. The molecule has 1 saturated carbocycles. The number of carbonyl (C=O) groups excluding carboxylic acids is 1. The van der Waals surface area contributed by atoms with Crippen molar-refractivity contribution in [2.45, 2.75) is 44.5 Å². The molecule has 1 amide bonds. The molecule has 36 heavy (non-hydrogen) atoms. The molecular formula is C26H29F3N4O3. The highest BCUT2D eigenvalue weighted by Gasteiger charge is 2.39. The Morgan fingerprint density at radius 3 is 2.44 bits per heavy atom. The van der Waals surface area contributed by atoms with E-state index in [0.717, 1.165) is 67.1 Å². The number of benzene rings is 2. The summed E-state index contributed by atoms with van der Waals surface area (Å²) < 4.78 is 50.2. The largest absolute Gasteiger partial charge is 0.437 e. The molecule has 2 aliphatic rings. The van der Waals surface area contributed by atoms with Gasteiger partial charge in [0.1, 0.15) is 0 Å². The molecule has 10 heteroatoms. The number of nitrogens with one attached hydrogen (secondary N) is 1. The number of nitrogens with zero attached hydrogens (tertiary/aromatic N) is 2. The van der Waals surface area contributed by atoms with Crippen LogP contribution in [0, 0.1) is 0 Å². The van der Waals surface area contributed by atoms with E-state index in [2.05, 4.69) is 37.7 Å². The highest BCUT2D eigenvalue weighted by Crippen LogP contribution is 2.45. The predicted molar refractivity (Wildman–Crippen MR) is 133 cm³/mol. The molecule has 1 aliphatic carbocycles. The quantitative estimate of drug-likeness (QED) is 0.451. The van der Waals surface area contributed by atoms with Gasteiger partial charge in [0, 0.05) is 41.5 Å². The van der Waals surface area contributed by atoms with Gasteiger partial charge in [-0.3, -0.25) is 5.32 Å². The molecule has 1 aliphatic heterocycles. The Kier molecular flexibility index (Phi) is 6.46. The van der Waals surface area contributed by atoms with Crippen molar-refractivity contribution in [3.63, 3.8) is 0 Å². The number of aromatic nitrogens is 1. The van der Waals surface area contributed by atoms with E-state index >= 15 is 0 Å². The zero-order valence-corrected chi connectivity index (χ0v) is 20.0. The minimum atomic E-state index is -4.62. The normalized spacial score (nSPS) is 17.6. The van der Waals surface area contributed by atoms with Crippen LogP contribution in [0.25, 0.3) is 22.2 Å². The molecule has 5 rings (SSSR count). The number of hydrogen-bond acceptors (Lipinski definition) is 5. The number of nitrogen functional groups attached to an aromatic ring is 1. The SMILES string of the molecule is C[C@@H](OC(=O)Nc1ccc(-c2c(N)c3ccc(N4CCOCC4)cc3n2C2CCC2)cc1)C(F)(F)F. The van der Waals surface area contributed by atoms with E-state index in [-0.39, 0.29) is 0 Å². The lowest BCUT2D eigenvalue weighted by molar-refractivity contribution is -0.196. The number of rotatable bonds is 5. The second-order valence-corrected chi connectivity index (χ2v) is 9.31. The third-order valence-corrected chi connectivity index (χ3v) is 6.99. The third-order valence-electron chi connectivity index (χ3n) is 6.99. The molecule has 0 radical (unpaired) electrons. The number of anilines is 3. The number of halogens is 3. The van der Waals surface area contributed by atoms with Crippen molar-refractivity contribution < 1.29 is 27.4 Å². The van der Waals surface area contributed by atoms with Crippen molar-refractivity contribution >= 4 is 34.1 Å². The molecule has 7 nitrogen and oxygen atoms in total. The van der Waals surface area contributed by atoms with Gasteiger partial charge in [-0.25, -0.2) is 4.79 Å². The van der Waals surface area contributed by atoms with Gasteiger partial charge in [-0.2, -0.15) is 13.2 Å². The summed E-state index contributed by atoms with van der Waals surface area (Å²) in [5, 5.41) is 3.34. The summed E-state index contributed by atoms with van der Waals surface area (Å²) in [6, 6.07) is 13.6. The number of morpholine rings is 1. The van der Waals surface area contributed by atoms with Gasteiger partial charge < -0.3 is 24.7 Å². The van der Waals surface area contributed by atoms with Crippen LogP contribution in [-0.2, 0) is 9.47 Å². The van der Waals surface area contributed by atoms with Gasteiger partial charge in [0.2, 0.25) is 0 Å². The van der Waals surface area contributed by atoms with Gasteiger partial charge in [0.15, 0.2) is 6.10 Å². The van der Waals surface area contributed by atoms with Gasteiger partial charge in [-0.1, -0.05) is 12.1 Å². The first kappa shape index (κ1) is 24.3. The highest BCUT2D eigenvalue weighted by atomic mass is 19.4. The summed E-state index contributed by atoms with van der Waals surface area (Å²) in [7, 11) is 0. The van der Waals surface area contributed by atoms with Crippen LogP contribution >= 0.6 is 0 Å². The second kappa shape index (κ2) is 9.57. The zero-order chi connectivity index (χ0) is 25.4. The number of ether oxygens (including phenoxy) is 2. The first-order chi connectivity index (χ1) is 17.2. The maximum absolute atomic E-state index is 12.7. The second-order valence-electron chi connectivity index (χ2n) is 9.31. The zero-order valence-electron chi connectivity index (χ0n) is 20.0. The molecule has 2 aromatic carbocycles. The van der Waals surface area contributed by atoms with Gasteiger partial charge in [0.25, 0.3) is 0 Å². The molecule has 1 saturated heterocycles. The smallest absolute Gasteiger partial charge is 0.425 e. The molecule has 1 aromatic heterocycles. The van der Waals surface area contributed by atoms with Crippen LogP contribution in [0.1, 0.15) is 32.2 Å². The van der Waals surface area contributed by atoms with Crippen LogP contribution in [-0.4, -0.2) is 49.2 Å². The Hall–Kier alpha value is -3.40. The van der Waals surface area contributed by atoms with Crippen LogP contribution in [0.15, 0.2) is 42.5 Å². The predicted octanol–water partition coefficient (Wildman–Crippen LogP) is 5.95. The van der Waals surface area contributed by atoms with Crippen LogP contribution in [0.3, 0.4) is 0 Å². The molecule has 192 valence electrons. The first-order valence-electron chi connectivity index (χ1n) is 12.1. The number of fused-ring (bicyclic) bond motifs is 1. The molecule has 2 heterocycles. The Morgan fingerprint density at radius 2 is 1.83 bits per heavy atom. The van der Waals surface area contributed by atoms with Gasteiger partial charge in [0.05, 0.1) is 30.1 Å². The molecule has 2 fully saturated rings. The van der Waals surface area contributed by atoms with Crippen molar-refractivity contribution in [1.82, 2.24) is 4.57 Å². The van der Waals surface area contributed by atoms with E-state index in [1.54, 1.807) is 12.1 Å². The van der Waals surface area contributed by atoms with Crippen LogP contribution in [0.5, 0.6) is 0 Å². The fourth-order valence-electron chi connectivity index (χ4n) is 4.75. The van der Waals surface area contributed by atoms with Crippen LogP contribution < -0.4 is 16.0 Å². The maximum Gasteiger partial charge on any atom is 0.425 e. The fraction of sp³-hybridized carbons (Fsp3) is 0.423. The summed E-state index contributed by atoms with van der Waals surface area (Å²) in [6.45, 7) is 3.89. The van der Waals surface area contributed by atoms with Crippen molar-refractivity contribution in [3.05, 3.63) is 42.5 Å². The molecule has 3 aromatic rings. The summed E-state index contributed by atoms with van der Waals surface area (Å²) >= 11 is 0. The lowest BCUT2D eigenvalue weighted by Crippen LogP contribution is -2.36. The monoisotopic (exact) mass is 502 g/mol. The summed E-state index contributed by atoms with van der Waals surface area (Å²) in [4.78, 5) is 14.2. The molecular weight excluding hydrogens is 473 g/mol. The summed E-state index contributed by atoms with van der Waals surface area (Å²) in [5.74, 6) is 0. The minimum Gasteiger partial charge on any atom is -0.437 e. The molecule has 0 spiro atoms. The van der Waals surface area contributed by atoms with Crippen LogP contribution in [0.4, 0.5) is 35.0 Å². The summed E-state index contributed by atoms with van der Waals surface area (Å²) in [6.07, 6.45) is -4.67. The summed E-state index contributed by atoms with van der Waals surface area (Å²) in [5.41, 5.74) is 11.7. The van der Waals surface area contributed by atoms with Crippen molar-refractivity contribution in [1.29, 1.82) is 0 Å². The van der Waals surface area contributed by atoms with Crippen molar-refractivity contribution in [3.8, 4) is 11.3 Å². The maximum atomic E-state index is 12.7. The van der Waals surface area contributed by atoms with E-state index in [9.17, 15) is 18.0 Å². The Morgan fingerprint density at radius 1 is 1.14 bits per heavy atom. The molecule has 0 bridgehead atoms. The van der Waals surface area contributed by atoms with Crippen molar-refractivity contribution in [2.24, 2.45) is 0 Å². The minimum absolute atomic E-state index is 0.331. The topological polar surface area (TPSA) is 81.8 Å². The van der Waals surface area contributed by atoms with Gasteiger partial charge in [-0.15, -0.1) is 0 Å². The van der Waals surface area contributed by atoms with E-state index in [4.69, 9.17) is 10.5 Å². The van der Waals surface area contributed by atoms with Gasteiger partial charge in [-0.05, 0) is 56.5 Å². The number of nitrogens with two attached hydrogens (primary N) is 1.